The average Bonchev–Trinajstić information content (AvgIpc) is 2.57. The average molecular weight is 358 g/mol. The normalized spacial score (nSPS) is 11.2. The van der Waals surface area contributed by atoms with Gasteiger partial charge in [0.1, 0.15) is 11.4 Å². The molecule has 0 bridgehead atoms. The Morgan fingerprint density at radius 3 is 2.27 bits per heavy atom. The van der Waals surface area contributed by atoms with Gasteiger partial charge in [-0.2, -0.15) is 0 Å². The summed E-state index contributed by atoms with van der Waals surface area (Å²) in [5, 5.41) is 2.80. The first-order chi connectivity index (χ1) is 12.2. The molecule has 0 radical (unpaired) electrons. The Morgan fingerprint density at radius 2 is 1.77 bits per heavy atom. The number of rotatable bonds is 6. The number of nitrogens with zero attached hydrogens (tertiary/aromatic N) is 1. The molecule has 26 heavy (non-hydrogen) atoms. The van der Waals surface area contributed by atoms with E-state index in [9.17, 15) is 14.0 Å². The lowest BCUT2D eigenvalue weighted by molar-refractivity contribution is 0.0940. The fraction of sp³-hybridized carbons (Fsp3) is 0.429. The van der Waals surface area contributed by atoms with Crippen LogP contribution in [-0.4, -0.2) is 16.5 Å². The minimum atomic E-state index is -0.358. The standard InChI is InChI=1S/C21H27FN2O2/c1-6-16-11-18(20(25)23-14(4)5)21(26)24(19(16)13(2)3)12-15-7-9-17(22)10-8-15/h7-11,13-14H,6,12H2,1-5H3,(H,23,25). The molecule has 0 atom stereocenters. The summed E-state index contributed by atoms with van der Waals surface area (Å²) in [5.74, 6) is -0.548. The number of amides is 1. The molecule has 0 spiro atoms. The van der Waals surface area contributed by atoms with Crippen molar-refractivity contribution < 1.29 is 9.18 Å². The zero-order chi connectivity index (χ0) is 19.4. The fourth-order valence-corrected chi connectivity index (χ4v) is 3.14. The van der Waals surface area contributed by atoms with Crippen molar-refractivity contribution in [3.8, 4) is 0 Å². The number of benzene rings is 1. The molecular weight excluding hydrogens is 331 g/mol. The highest BCUT2D eigenvalue weighted by Crippen LogP contribution is 2.21. The summed E-state index contributed by atoms with van der Waals surface area (Å²) in [4.78, 5) is 25.6. The van der Waals surface area contributed by atoms with Crippen LogP contribution >= 0.6 is 0 Å². The Labute approximate surface area is 154 Å². The Balaban J connectivity index is 2.63. The number of halogens is 1. The van der Waals surface area contributed by atoms with Crippen molar-refractivity contribution in [2.75, 3.05) is 0 Å². The molecule has 1 N–H and O–H groups in total. The molecule has 0 saturated carbocycles. The van der Waals surface area contributed by atoms with Crippen LogP contribution in [0.2, 0.25) is 0 Å². The number of hydrogen-bond donors (Lipinski definition) is 1. The number of aryl methyl sites for hydroxylation is 1. The summed E-state index contributed by atoms with van der Waals surface area (Å²) >= 11 is 0. The highest BCUT2D eigenvalue weighted by atomic mass is 19.1. The van der Waals surface area contributed by atoms with Crippen molar-refractivity contribution in [3.05, 3.63) is 68.9 Å². The molecule has 0 aliphatic heterocycles. The monoisotopic (exact) mass is 358 g/mol. The second-order valence-electron chi connectivity index (χ2n) is 7.12. The molecule has 2 aromatic rings. The largest absolute Gasteiger partial charge is 0.350 e. The molecule has 1 heterocycles. The number of nitrogens with one attached hydrogen (secondary N) is 1. The predicted octanol–water partition coefficient (Wildman–Crippen LogP) is 3.86. The van der Waals surface area contributed by atoms with Gasteiger partial charge in [0.05, 0.1) is 6.54 Å². The van der Waals surface area contributed by atoms with E-state index in [1.807, 2.05) is 34.6 Å². The summed E-state index contributed by atoms with van der Waals surface area (Å²) in [6.45, 7) is 10.1. The van der Waals surface area contributed by atoms with Gasteiger partial charge in [-0.05, 0) is 55.5 Å². The topological polar surface area (TPSA) is 51.1 Å². The number of pyridine rings is 1. The Hall–Kier alpha value is -2.43. The highest BCUT2D eigenvalue weighted by molar-refractivity contribution is 5.94. The summed E-state index contributed by atoms with van der Waals surface area (Å²) in [5.41, 5.74) is 2.56. The van der Waals surface area contributed by atoms with Crippen molar-refractivity contribution in [2.24, 2.45) is 0 Å². The van der Waals surface area contributed by atoms with Gasteiger partial charge in [-0.3, -0.25) is 9.59 Å². The number of carbonyl (C=O) groups excluding carboxylic acids is 1. The van der Waals surface area contributed by atoms with E-state index in [-0.39, 0.29) is 34.8 Å². The first kappa shape index (κ1) is 19.9. The third-order valence-corrected chi connectivity index (χ3v) is 4.26. The van der Waals surface area contributed by atoms with Crippen molar-refractivity contribution in [1.82, 2.24) is 9.88 Å². The fourth-order valence-electron chi connectivity index (χ4n) is 3.14. The van der Waals surface area contributed by atoms with Crippen LogP contribution in [0.3, 0.4) is 0 Å². The van der Waals surface area contributed by atoms with Gasteiger partial charge in [-0.15, -0.1) is 0 Å². The third-order valence-electron chi connectivity index (χ3n) is 4.26. The first-order valence-electron chi connectivity index (χ1n) is 9.06. The van der Waals surface area contributed by atoms with Crippen LogP contribution in [0, 0.1) is 5.82 Å². The Kier molecular flexibility index (Phi) is 6.35. The maximum absolute atomic E-state index is 13.2. The van der Waals surface area contributed by atoms with Gasteiger partial charge < -0.3 is 9.88 Å². The van der Waals surface area contributed by atoms with Gasteiger partial charge in [-0.1, -0.05) is 32.9 Å². The summed E-state index contributed by atoms with van der Waals surface area (Å²) in [6, 6.07) is 7.76. The van der Waals surface area contributed by atoms with E-state index >= 15 is 0 Å². The second kappa shape index (κ2) is 8.30. The summed E-state index contributed by atoms with van der Waals surface area (Å²) in [6.07, 6.45) is 0.721. The van der Waals surface area contributed by atoms with Crippen LogP contribution in [0.15, 0.2) is 35.1 Å². The molecule has 4 nitrogen and oxygen atoms in total. The van der Waals surface area contributed by atoms with Crippen LogP contribution in [0.4, 0.5) is 4.39 Å². The lowest BCUT2D eigenvalue weighted by Gasteiger charge is -2.21. The summed E-state index contributed by atoms with van der Waals surface area (Å²) < 4.78 is 14.9. The molecule has 140 valence electrons. The molecule has 0 aliphatic carbocycles. The minimum absolute atomic E-state index is 0.0534. The smallest absolute Gasteiger partial charge is 0.263 e. The molecule has 1 amide bonds. The zero-order valence-electron chi connectivity index (χ0n) is 16.1. The van der Waals surface area contributed by atoms with Gasteiger partial charge in [0.2, 0.25) is 0 Å². The van der Waals surface area contributed by atoms with Gasteiger partial charge in [-0.25, -0.2) is 4.39 Å². The van der Waals surface area contributed by atoms with Crippen molar-refractivity contribution in [3.63, 3.8) is 0 Å². The van der Waals surface area contributed by atoms with Crippen LogP contribution in [-0.2, 0) is 13.0 Å². The third kappa shape index (κ3) is 4.40. The zero-order valence-corrected chi connectivity index (χ0v) is 16.1. The van der Waals surface area contributed by atoms with E-state index in [1.165, 1.54) is 12.1 Å². The van der Waals surface area contributed by atoms with Crippen LogP contribution < -0.4 is 10.9 Å². The molecule has 5 heteroatoms. The number of hydrogen-bond acceptors (Lipinski definition) is 2. The van der Waals surface area contributed by atoms with E-state index in [4.69, 9.17) is 0 Å². The van der Waals surface area contributed by atoms with E-state index in [1.54, 1.807) is 22.8 Å². The van der Waals surface area contributed by atoms with Crippen LogP contribution in [0.25, 0.3) is 0 Å². The minimum Gasteiger partial charge on any atom is -0.350 e. The van der Waals surface area contributed by atoms with Crippen molar-refractivity contribution in [1.29, 1.82) is 0 Å². The molecular formula is C21H27FN2O2. The lowest BCUT2D eigenvalue weighted by Crippen LogP contribution is -2.38. The van der Waals surface area contributed by atoms with Gasteiger partial charge >= 0.3 is 0 Å². The van der Waals surface area contributed by atoms with Crippen LogP contribution in [0.1, 0.15) is 67.7 Å². The van der Waals surface area contributed by atoms with Crippen LogP contribution in [0.5, 0.6) is 0 Å². The van der Waals surface area contributed by atoms with E-state index in [0.29, 0.717) is 6.54 Å². The van der Waals surface area contributed by atoms with E-state index in [0.717, 1.165) is 23.2 Å². The maximum Gasteiger partial charge on any atom is 0.263 e. The SMILES string of the molecule is CCc1cc(C(=O)NC(C)C)c(=O)n(Cc2ccc(F)cc2)c1C(C)C. The molecule has 1 aromatic heterocycles. The molecule has 2 rings (SSSR count). The van der Waals surface area contributed by atoms with E-state index < -0.39 is 0 Å². The van der Waals surface area contributed by atoms with E-state index in [2.05, 4.69) is 5.32 Å². The second-order valence-corrected chi connectivity index (χ2v) is 7.12. The molecule has 1 aromatic carbocycles. The number of carbonyl (C=O) groups is 1. The molecule has 0 fully saturated rings. The molecule has 0 saturated heterocycles. The number of aromatic nitrogens is 1. The molecule has 0 unspecified atom stereocenters. The Bertz CT molecular complexity index is 836. The Morgan fingerprint density at radius 1 is 1.15 bits per heavy atom. The van der Waals surface area contributed by atoms with Gasteiger partial charge in [0.25, 0.3) is 11.5 Å². The maximum atomic E-state index is 13.2. The molecule has 0 aliphatic rings. The van der Waals surface area contributed by atoms with Gasteiger partial charge in [0, 0.05) is 11.7 Å². The lowest BCUT2D eigenvalue weighted by atomic mass is 9.98. The summed E-state index contributed by atoms with van der Waals surface area (Å²) in [7, 11) is 0. The van der Waals surface area contributed by atoms with Crippen molar-refractivity contribution in [2.45, 2.75) is 59.5 Å². The van der Waals surface area contributed by atoms with Gasteiger partial charge in [0.15, 0.2) is 0 Å². The predicted molar refractivity (Wildman–Crippen MR) is 102 cm³/mol. The first-order valence-corrected chi connectivity index (χ1v) is 9.06. The van der Waals surface area contributed by atoms with Crippen molar-refractivity contribution >= 4 is 5.91 Å². The highest BCUT2D eigenvalue weighted by Gasteiger charge is 2.21. The quantitative estimate of drug-likeness (QED) is 0.852.